The predicted octanol–water partition coefficient (Wildman–Crippen LogP) is 1.86. The van der Waals surface area contributed by atoms with E-state index < -0.39 is 10.9 Å². The Morgan fingerprint density at radius 3 is 2.46 bits per heavy atom. The van der Waals surface area contributed by atoms with Crippen LogP contribution < -0.4 is 5.32 Å². The zero-order valence-corrected chi connectivity index (χ0v) is 14.6. The van der Waals surface area contributed by atoms with Crippen LogP contribution in [-0.2, 0) is 17.8 Å². The van der Waals surface area contributed by atoms with Crippen molar-refractivity contribution in [2.45, 2.75) is 33.2 Å². The molecule has 0 aliphatic carbocycles. The molecule has 0 radical (unpaired) electrons. The first kappa shape index (κ1) is 19.1. The minimum atomic E-state index is -0.978. The van der Waals surface area contributed by atoms with Gasteiger partial charge in [-0.3, -0.25) is 19.6 Å². The summed E-state index contributed by atoms with van der Waals surface area (Å²) in [7, 11) is 0. The Morgan fingerprint density at radius 2 is 1.92 bits per heavy atom. The Morgan fingerprint density at radius 1 is 1.27 bits per heavy atom. The number of rotatable bonds is 8. The third-order valence-electron chi connectivity index (χ3n) is 4.01. The van der Waals surface area contributed by atoms with Crippen molar-refractivity contribution < 1.29 is 19.6 Å². The Kier molecular flexibility index (Phi) is 6.05. The number of carboxylic acid groups (broad SMARTS) is 1. The number of amides is 1. The number of nitrogens with zero attached hydrogens (tertiary/aromatic N) is 3. The van der Waals surface area contributed by atoms with Crippen LogP contribution in [-0.4, -0.2) is 38.2 Å². The maximum Gasteiger partial charge on any atom is 0.335 e. The van der Waals surface area contributed by atoms with Gasteiger partial charge in [0.25, 0.3) is 0 Å². The van der Waals surface area contributed by atoms with E-state index in [2.05, 4.69) is 10.4 Å². The molecule has 0 bridgehead atoms. The second kappa shape index (κ2) is 8.24. The van der Waals surface area contributed by atoms with Crippen LogP contribution in [0.1, 0.15) is 33.7 Å². The number of aromatic carboxylic acids is 1. The Hall–Kier alpha value is -3.23. The lowest BCUT2D eigenvalue weighted by molar-refractivity contribution is -0.386. The summed E-state index contributed by atoms with van der Waals surface area (Å²) in [5.74, 6) is -1.16. The second-order valence-electron chi connectivity index (χ2n) is 5.85. The van der Waals surface area contributed by atoms with Crippen LogP contribution in [0.25, 0.3) is 0 Å². The van der Waals surface area contributed by atoms with Crippen LogP contribution in [0.5, 0.6) is 0 Å². The van der Waals surface area contributed by atoms with Crippen molar-refractivity contribution in [2.75, 3.05) is 6.54 Å². The molecule has 0 aliphatic rings. The molecule has 26 heavy (non-hydrogen) atoms. The molecule has 0 saturated heterocycles. The van der Waals surface area contributed by atoms with Crippen LogP contribution >= 0.6 is 0 Å². The van der Waals surface area contributed by atoms with Crippen LogP contribution in [0.4, 0.5) is 5.69 Å². The van der Waals surface area contributed by atoms with Crippen molar-refractivity contribution in [2.24, 2.45) is 0 Å². The maximum atomic E-state index is 11.9. The first-order chi connectivity index (χ1) is 12.3. The van der Waals surface area contributed by atoms with E-state index in [4.69, 9.17) is 5.11 Å². The summed E-state index contributed by atoms with van der Waals surface area (Å²) >= 11 is 0. The number of carbonyl (C=O) groups is 2. The molecule has 1 amide bonds. The van der Waals surface area contributed by atoms with E-state index in [0.717, 1.165) is 5.56 Å². The molecule has 0 fully saturated rings. The van der Waals surface area contributed by atoms with Gasteiger partial charge in [-0.1, -0.05) is 12.1 Å². The van der Waals surface area contributed by atoms with Crippen molar-refractivity contribution >= 4 is 17.6 Å². The lowest BCUT2D eigenvalue weighted by Crippen LogP contribution is -2.26. The predicted molar refractivity (Wildman–Crippen MR) is 93.1 cm³/mol. The summed E-state index contributed by atoms with van der Waals surface area (Å²) in [5.41, 5.74) is 1.88. The monoisotopic (exact) mass is 360 g/mol. The fraction of sp³-hybridized carbons (Fsp3) is 0.353. The molecule has 0 aliphatic heterocycles. The number of aryl methyl sites for hydroxylation is 2. The molecule has 138 valence electrons. The Balaban J connectivity index is 1.80. The zero-order valence-electron chi connectivity index (χ0n) is 14.6. The molecule has 1 heterocycles. The number of aromatic nitrogens is 2. The largest absolute Gasteiger partial charge is 0.478 e. The van der Waals surface area contributed by atoms with Crippen LogP contribution in [0.15, 0.2) is 24.3 Å². The van der Waals surface area contributed by atoms with Crippen molar-refractivity contribution in [3.05, 3.63) is 56.9 Å². The van der Waals surface area contributed by atoms with Crippen molar-refractivity contribution in [3.8, 4) is 0 Å². The SMILES string of the molecule is Cc1nn(CCC(=O)NCCc2ccc(C(=O)O)cc2)c(C)c1[N+](=O)[O-]. The van der Waals surface area contributed by atoms with Crippen molar-refractivity contribution in [3.63, 3.8) is 0 Å². The molecule has 9 nitrogen and oxygen atoms in total. The van der Waals surface area contributed by atoms with Gasteiger partial charge in [0.15, 0.2) is 0 Å². The number of hydrogen-bond acceptors (Lipinski definition) is 5. The minimum absolute atomic E-state index is 0.0183. The van der Waals surface area contributed by atoms with E-state index in [0.29, 0.717) is 24.4 Å². The van der Waals surface area contributed by atoms with E-state index in [1.165, 1.54) is 16.8 Å². The normalized spacial score (nSPS) is 10.5. The van der Waals surface area contributed by atoms with Gasteiger partial charge >= 0.3 is 11.7 Å². The number of nitro groups is 1. The summed E-state index contributed by atoms with van der Waals surface area (Å²) in [6, 6.07) is 6.47. The highest BCUT2D eigenvalue weighted by atomic mass is 16.6. The van der Waals surface area contributed by atoms with Crippen molar-refractivity contribution in [1.82, 2.24) is 15.1 Å². The number of hydrogen-bond donors (Lipinski definition) is 2. The van der Waals surface area contributed by atoms with Gasteiger partial charge in [0.2, 0.25) is 5.91 Å². The molecule has 9 heteroatoms. The van der Waals surface area contributed by atoms with Gasteiger partial charge < -0.3 is 10.4 Å². The second-order valence-corrected chi connectivity index (χ2v) is 5.85. The average Bonchev–Trinajstić information content (AvgIpc) is 2.87. The third-order valence-corrected chi connectivity index (χ3v) is 4.01. The Bertz CT molecular complexity index is 826. The zero-order chi connectivity index (χ0) is 19.3. The van der Waals surface area contributed by atoms with E-state index >= 15 is 0 Å². The molecule has 0 spiro atoms. The molecule has 2 aromatic rings. The number of nitrogens with one attached hydrogen (secondary N) is 1. The average molecular weight is 360 g/mol. The van der Waals surface area contributed by atoms with Crippen LogP contribution in [0.3, 0.4) is 0 Å². The summed E-state index contributed by atoms with van der Waals surface area (Å²) in [4.78, 5) is 33.2. The number of carbonyl (C=O) groups excluding carboxylic acids is 1. The standard InChI is InChI=1S/C17H20N4O5/c1-11-16(21(25)26)12(2)20(19-11)10-8-15(22)18-9-7-13-3-5-14(6-4-13)17(23)24/h3-6H,7-10H2,1-2H3,(H,18,22)(H,23,24). The third kappa shape index (κ3) is 4.65. The fourth-order valence-corrected chi connectivity index (χ4v) is 2.63. The van der Waals surface area contributed by atoms with Crippen LogP contribution in [0, 0.1) is 24.0 Å². The van der Waals surface area contributed by atoms with E-state index in [9.17, 15) is 19.7 Å². The van der Waals surface area contributed by atoms with Crippen molar-refractivity contribution in [1.29, 1.82) is 0 Å². The quantitative estimate of drug-likeness (QED) is 0.546. The van der Waals surface area contributed by atoms with Gasteiger partial charge in [0.05, 0.1) is 17.0 Å². The highest BCUT2D eigenvalue weighted by Crippen LogP contribution is 2.21. The highest BCUT2D eigenvalue weighted by molar-refractivity contribution is 5.87. The van der Waals surface area contributed by atoms with Crippen LogP contribution in [0.2, 0.25) is 0 Å². The first-order valence-electron chi connectivity index (χ1n) is 8.07. The molecule has 2 N–H and O–H groups in total. The van der Waals surface area contributed by atoms with Gasteiger partial charge in [-0.25, -0.2) is 4.79 Å². The fourth-order valence-electron chi connectivity index (χ4n) is 2.63. The molecule has 0 saturated carbocycles. The summed E-state index contributed by atoms with van der Waals surface area (Å²) < 4.78 is 1.47. The van der Waals surface area contributed by atoms with E-state index in [1.807, 2.05) is 0 Å². The van der Waals surface area contributed by atoms with Gasteiger partial charge in [0.1, 0.15) is 11.4 Å². The summed E-state index contributed by atoms with van der Waals surface area (Å²) in [5, 5.41) is 26.7. The molecule has 0 atom stereocenters. The molecular weight excluding hydrogens is 340 g/mol. The summed E-state index contributed by atoms with van der Waals surface area (Å²) in [6.45, 7) is 3.86. The molecule has 1 aromatic heterocycles. The lowest BCUT2D eigenvalue weighted by Gasteiger charge is -2.07. The number of carboxylic acids is 1. The van der Waals surface area contributed by atoms with Gasteiger partial charge in [0, 0.05) is 13.0 Å². The lowest BCUT2D eigenvalue weighted by atomic mass is 10.1. The number of benzene rings is 1. The van der Waals surface area contributed by atoms with Gasteiger partial charge in [-0.05, 0) is 38.0 Å². The smallest absolute Gasteiger partial charge is 0.335 e. The first-order valence-corrected chi connectivity index (χ1v) is 8.07. The molecule has 1 aromatic carbocycles. The van der Waals surface area contributed by atoms with E-state index in [1.54, 1.807) is 26.0 Å². The molecule has 0 unspecified atom stereocenters. The molecular formula is C17H20N4O5. The topological polar surface area (TPSA) is 127 Å². The maximum absolute atomic E-state index is 11.9. The minimum Gasteiger partial charge on any atom is -0.478 e. The Labute approximate surface area is 149 Å². The van der Waals surface area contributed by atoms with Gasteiger partial charge in [-0.2, -0.15) is 5.10 Å². The molecule has 2 rings (SSSR count). The van der Waals surface area contributed by atoms with E-state index in [-0.39, 0.29) is 30.1 Å². The highest BCUT2D eigenvalue weighted by Gasteiger charge is 2.21. The summed E-state index contributed by atoms with van der Waals surface area (Å²) in [6.07, 6.45) is 0.744. The van der Waals surface area contributed by atoms with Gasteiger partial charge in [-0.15, -0.1) is 0 Å².